The molecule has 101 heavy (non-hydrogen) atoms. The molecule has 0 aromatic carbocycles. The van der Waals surface area contributed by atoms with Crippen molar-refractivity contribution in [1.29, 1.82) is 0 Å². The molecule has 0 aliphatic heterocycles. The lowest BCUT2D eigenvalue weighted by Gasteiger charge is -2.21. The zero-order valence-corrected chi connectivity index (χ0v) is 68.3. The lowest BCUT2D eigenvalue weighted by Crippen LogP contribution is -2.30. The maximum Gasteiger partial charge on any atom is 0.472 e. The molecule has 0 aromatic heterocycles. The molecule has 5 unspecified atom stereocenters. The first-order chi connectivity index (χ1) is 48.7. The highest BCUT2D eigenvalue weighted by atomic mass is 31.2. The maximum atomic E-state index is 13.1. The highest BCUT2D eigenvalue weighted by Crippen LogP contribution is 2.45. The number of ether oxygens (including phenoxy) is 4. The molecule has 0 rings (SSSR count). The van der Waals surface area contributed by atoms with Crippen molar-refractivity contribution in [3.63, 3.8) is 0 Å². The molecule has 0 aliphatic carbocycles. The van der Waals surface area contributed by atoms with Crippen LogP contribution in [0.15, 0.2) is 0 Å². The second-order valence-corrected chi connectivity index (χ2v) is 33.9. The normalized spacial score (nSPS) is 14.5. The molecule has 3 N–H and O–H groups in total. The number of carbonyl (C=O) groups is 4. The Hall–Kier alpha value is -1.94. The Morgan fingerprint density at radius 2 is 0.475 bits per heavy atom. The summed E-state index contributed by atoms with van der Waals surface area (Å²) in [5, 5.41) is 10.6. The second kappa shape index (κ2) is 71.0. The predicted octanol–water partition coefficient (Wildman–Crippen LogP) is 24.4. The molecule has 0 saturated carbocycles. The van der Waals surface area contributed by atoms with Crippen molar-refractivity contribution in [2.24, 2.45) is 23.7 Å². The van der Waals surface area contributed by atoms with E-state index in [1.165, 1.54) is 218 Å². The fraction of sp³-hybridized carbons (Fsp3) is 0.951. The van der Waals surface area contributed by atoms with Gasteiger partial charge in [-0.3, -0.25) is 37.3 Å². The van der Waals surface area contributed by atoms with E-state index in [-0.39, 0.29) is 25.7 Å². The van der Waals surface area contributed by atoms with Crippen molar-refractivity contribution < 1.29 is 80.2 Å². The van der Waals surface area contributed by atoms with Gasteiger partial charge in [-0.25, -0.2) is 9.13 Å². The first-order valence-corrected chi connectivity index (χ1v) is 45.3. The zero-order chi connectivity index (χ0) is 74.6. The Morgan fingerprint density at radius 1 is 0.277 bits per heavy atom. The van der Waals surface area contributed by atoms with E-state index < -0.39 is 97.5 Å². The molecule has 0 fully saturated rings. The van der Waals surface area contributed by atoms with Crippen LogP contribution in [0.1, 0.15) is 421 Å². The van der Waals surface area contributed by atoms with Crippen LogP contribution in [0.5, 0.6) is 0 Å². The number of rotatable bonds is 79. The topological polar surface area (TPSA) is 237 Å². The van der Waals surface area contributed by atoms with Crippen LogP contribution in [0.25, 0.3) is 0 Å². The van der Waals surface area contributed by atoms with Gasteiger partial charge in [0.25, 0.3) is 0 Å². The minimum absolute atomic E-state index is 0.106. The van der Waals surface area contributed by atoms with Gasteiger partial charge in [0.05, 0.1) is 26.4 Å². The molecule has 17 nitrogen and oxygen atoms in total. The van der Waals surface area contributed by atoms with Crippen molar-refractivity contribution in [2.45, 2.75) is 440 Å². The molecule has 0 amide bonds. The molecule has 0 heterocycles. The monoisotopic (exact) mass is 1480 g/mol. The standard InChI is InChI=1S/C82H160O17P2/c1-9-74(7)60-52-44-36-28-22-18-15-16-19-23-30-38-46-54-62-79(84)92-68-77(98-82(87)65-57-49-40-32-26-25-29-37-45-53-61-75(8)10-2)70-96-100(88,89)94-66-76(83)67-95-101(90,91)97-71-78(69-93-80(85)63-55-47-41-33-35-43-51-59-73(5)6)99-81(86)64-56-48-39-31-24-20-14-12-11-13-17-21-27-34-42-50-58-72(3)4/h72-78,83H,9-71H2,1-8H3,(H,88,89)(H,90,91)/t74?,75?,76?,77-,78-/m1/s1. The van der Waals surface area contributed by atoms with Gasteiger partial charge in [0.1, 0.15) is 19.3 Å². The Kier molecular flexibility index (Phi) is 69.6. The summed E-state index contributed by atoms with van der Waals surface area (Å²) in [5.74, 6) is 1.05. The molecule has 600 valence electrons. The first-order valence-electron chi connectivity index (χ1n) is 42.3. The van der Waals surface area contributed by atoms with Crippen LogP contribution in [-0.2, 0) is 65.4 Å². The van der Waals surface area contributed by atoms with Gasteiger partial charge in [0.2, 0.25) is 0 Å². The van der Waals surface area contributed by atoms with Gasteiger partial charge >= 0.3 is 39.5 Å². The van der Waals surface area contributed by atoms with E-state index in [1.54, 1.807) is 0 Å². The van der Waals surface area contributed by atoms with E-state index in [4.69, 9.17) is 37.0 Å². The Bertz CT molecular complexity index is 1980. The van der Waals surface area contributed by atoms with E-state index in [9.17, 15) is 43.2 Å². The summed E-state index contributed by atoms with van der Waals surface area (Å²) in [4.78, 5) is 73.1. The summed E-state index contributed by atoms with van der Waals surface area (Å²) in [5.41, 5.74) is 0. The third-order valence-corrected chi connectivity index (χ3v) is 21.7. The van der Waals surface area contributed by atoms with Crippen LogP contribution >= 0.6 is 15.6 Å². The van der Waals surface area contributed by atoms with Crippen molar-refractivity contribution in [2.75, 3.05) is 39.6 Å². The van der Waals surface area contributed by atoms with E-state index >= 15 is 0 Å². The zero-order valence-electron chi connectivity index (χ0n) is 66.5. The smallest absolute Gasteiger partial charge is 0.462 e. The number of unbranched alkanes of at least 4 members (excludes halogenated alkanes) is 43. The van der Waals surface area contributed by atoms with Gasteiger partial charge in [-0.2, -0.15) is 0 Å². The average Bonchev–Trinajstić information content (AvgIpc) is 1.01. The van der Waals surface area contributed by atoms with Crippen LogP contribution in [-0.4, -0.2) is 96.7 Å². The van der Waals surface area contributed by atoms with Crippen LogP contribution in [0.4, 0.5) is 0 Å². The highest BCUT2D eigenvalue weighted by Gasteiger charge is 2.30. The van der Waals surface area contributed by atoms with Crippen LogP contribution in [0, 0.1) is 23.7 Å². The average molecular weight is 1480 g/mol. The lowest BCUT2D eigenvalue weighted by molar-refractivity contribution is -0.161. The number of phosphoric ester groups is 2. The van der Waals surface area contributed by atoms with Crippen molar-refractivity contribution >= 4 is 39.5 Å². The number of carbonyl (C=O) groups excluding carboxylic acids is 4. The highest BCUT2D eigenvalue weighted by molar-refractivity contribution is 7.47. The number of hydrogen-bond donors (Lipinski definition) is 3. The van der Waals surface area contributed by atoms with Gasteiger partial charge in [-0.15, -0.1) is 0 Å². The molecule has 7 atom stereocenters. The van der Waals surface area contributed by atoms with E-state index in [0.29, 0.717) is 31.6 Å². The van der Waals surface area contributed by atoms with E-state index in [1.807, 2.05) is 0 Å². The van der Waals surface area contributed by atoms with Crippen LogP contribution in [0.2, 0.25) is 0 Å². The van der Waals surface area contributed by atoms with E-state index in [2.05, 4.69) is 55.4 Å². The molecule has 19 heteroatoms. The summed E-state index contributed by atoms with van der Waals surface area (Å²) < 4.78 is 68.7. The van der Waals surface area contributed by atoms with Crippen molar-refractivity contribution in [1.82, 2.24) is 0 Å². The summed E-state index contributed by atoms with van der Waals surface area (Å²) >= 11 is 0. The molecular formula is C82H160O17P2. The number of aliphatic hydroxyl groups is 1. The minimum Gasteiger partial charge on any atom is -0.462 e. The number of esters is 4. The summed E-state index contributed by atoms with van der Waals surface area (Å²) in [7, 11) is -9.92. The molecule has 0 saturated heterocycles. The Balaban J connectivity index is 5.22. The van der Waals surface area contributed by atoms with Crippen molar-refractivity contribution in [3.05, 3.63) is 0 Å². The molecule has 0 radical (unpaired) electrons. The molecule has 0 aromatic rings. The van der Waals surface area contributed by atoms with Crippen LogP contribution < -0.4 is 0 Å². The maximum absolute atomic E-state index is 13.1. The van der Waals surface area contributed by atoms with E-state index in [0.717, 1.165) is 114 Å². The Morgan fingerprint density at radius 3 is 0.703 bits per heavy atom. The van der Waals surface area contributed by atoms with Gasteiger partial charge in [-0.1, -0.05) is 370 Å². The van der Waals surface area contributed by atoms with Gasteiger partial charge in [0.15, 0.2) is 12.2 Å². The predicted molar refractivity (Wildman–Crippen MR) is 414 cm³/mol. The van der Waals surface area contributed by atoms with Gasteiger partial charge in [0, 0.05) is 25.7 Å². The molecule has 0 bridgehead atoms. The third-order valence-electron chi connectivity index (χ3n) is 19.8. The summed E-state index contributed by atoms with van der Waals surface area (Å²) in [6.07, 6.45) is 58.2. The van der Waals surface area contributed by atoms with Gasteiger partial charge < -0.3 is 33.8 Å². The number of aliphatic hydroxyl groups excluding tert-OH is 1. The largest absolute Gasteiger partial charge is 0.472 e. The Labute approximate surface area is 619 Å². The minimum atomic E-state index is -4.96. The SMILES string of the molecule is CCC(C)CCCCCCCCCCCCCCCCC(=O)OC[C@H](COP(=O)(O)OCC(O)COP(=O)(O)OC[C@@H](COC(=O)CCCCCCCCCC(C)C)OC(=O)CCCCCCCCCCCCCCCCCCC(C)C)OC(=O)CCCCCCCCCCCCC(C)CC. The lowest BCUT2D eigenvalue weighted by atomic mass is 9.99. The summed E-state index contributed by atoms with van der Waals surface area (Å²) in [6.45, 7) is 14.3. The number of hydrogen-bond acceptors (Lipinski definition) is 15. The quantitative estimate of drug-likeness (QED) is 0.0222. The third kappa shape index (κ3) is 73.4. The fourth-order valence-corrected chi connectivity index (χ4v) is 14.1. The molecule has 0 aliphatic rings. The van der Waals surface area contributed by atoms with Crippen LogP contribution in [0.3, 0.4) is 0 Å². The molecular weight excluding hydrogens is 1320 g/mol. The number of phosphoric acid groups is 2. The molecule has 0 spiro atoms. The second-order valence-electron chi connectivity index (χ2n) is 31.0. The summed E-state index contributed by atoms with van der Waals surface area (Å²) in [6, 6.07) is 0. The van der Waals surface area contributed by atoms with Crippen molar-refractivity contribution in [3.8, 4) is 0 Å². The first kappa shape index (κ1) is 99.1. The van der Waals surface area contributed by atoms with Gasteiger partial charge in [-0.05, 0) is 49.4 Å². The fourth-order valence-electron chi connectivity index (χ4n) is 12.5.